The van der Waals surface area contributed by atoms with Crippen molar-refractivity contribution in [2.75, 3.05) is 5.32 Å². The van der Waals surface area contributed by atoms with Crippen LogP contribution >= 0.6 is 11.3 Å². The van der Waals surface area contributed by atoms with E-state index in [0.717, 1.165) is 24.3 Å². The number of nitrogens with zero attached hydrogens (tertiary/aromatic N) is 2. The quantitative estimate of drug-likeness (QED) is 0.839. The number of rotatable bonds is 7. The van der Waals surface area contributed by atoms with Crippen LogP contribution in [0.3, 0.4) is 0 Å². The maximum Gasteiger partial charge on any atom is 0.226 e. The first kappa shape index (κ1) is 16.6. The van der Waals surface area contributed by atoms with Crippen molar-refractivity contribution in [3.63, 3.8) is 0 Å². The highest BCUT2D eigenvalue weighted by molar-refractivity contribution is 7.15. The number of carbonyl (C=O) groups excluding carboxylic acids is 1. The summed E-state index contributed by atoms with van der Waals surface area (Å²) in [5.41, 5.74) is 2.53. The van der Waals surface area contributed by atoms with Crippen molar-refractivity contribution in [1.29, 1.82) is 0 Å². The van der Waals surface area contributed by atoms with Gasteiger partial charge in [0.2, 0.25) is 11.0 Å². The monoisotopic (exact) mass is 317 g/mol. The Kier molecular flexibility index (Phi) is 6.07. The highest BCUT2D eigenvalue weighted by Gasteiger charge is 2.09. The smallest absolute Gasteiger partial charge is 0.226 e. The minimum absolute atomic E-state index is 0.0133. The summed E-state index contributed by atoms with van der Waals surface area (Å²) in [5.74, 6) is 0.561. The number of aromatic nitrogens is 2. The second-order valence-corrected chi connectivity index (χ2v) is 7.05. The highest BCUT2D eigenvalue weighted by atomic mass is 32.1. The summed E-state index contributed by atoms with van der Waals surface area (Å²) in [6, 6.07) is 8.45. The molecule has 4 nitrogen and oxygen atoms in total. The number of amides is 1. The van der Waals surface area contributed by atoms with Crippen LogP contribution in [0.5, 0.6) is 0 Å². The second kappa shape index (κ2) is 8.03. The van der Waals surface area contributed by atoms with Crippen LogP contribution in [0.2, 0.25) is 0 Å². The highest BCUT2D eigenvalue weighted by Crippen LogP contribution is 2.18. The molecule has 0 saturated heterocycles. The third-order valence-electron chi connectivity index (χ3n) is 3.29. The summed E-state index contributed by atoms with van der Waals surface area (Å²) in [4.78, 5) is 11.9. The molecule has 0 spiro atoms. The van der Waals surface area contributed by atoms with Crippen LogP contribution in [0.25, 0.3) is 0 Å². The Balaban J connectivity index is 1.73. The molecule has 0 saturated carbocycles. The van der Waals surface area contributed by atoms with Gasteiger partial charge in [0.1, 0.15) is 5.01 Å². The predicted molar refractivity (Wildman–Crippen MR) is 91.2 cm³/mol. The van der Waals surface area contributed by atoms with Crippen molar-refractivity contribution in [3.05, 3.63) is 40.4 Å². The van der Waals surface area contributed by atoms with Crippen molar-refractivity contribution in [2.24, 2.45) is 5.92 Å². The van der Waals surface area contributed by atoms with Crippen molar-refractivity contribution in [3.8, 4) is 0 Å². The molecule has 0 fully saturated rings. The maximum atomic E-state index is 11.9. The fourth-order valence-electron chi connectivity index (χ4n) is 2.13. The first-order chi connectivity index (χ1) is 10.5. The van der Waals surface area contributed by atoms with Crippen LogP contribution < -0.4 is 5.32 Å². The molecule has 0 unspecified atom stereocenters. The summed E-state index contributed by atoms with van der Waals surface area (Å²) in [6.07, 6.45) is 3.17. The van der Waals surface area contributed by atoms with Crippen LogP contribution in [-0.2, 0) is 17.6 Å². The largest absolute Gasteiger partial charge is 0.301 e. The van der Waals surface area contributed by atoms with Crippen molar-refractivity contribution >= 4 is 22.4 Å². The van der Waals surface area contributed by atoms with Crippen LogP contribution in [0.4, 0.5) is 5.13 Å². The normalized spacial score (nSPS) is 10.9. The molecule has 1 aromatic heterocycles. The van der Waals surface area contributed by atoms with Crippen molar-refractivity contribution in [2.45, 2.75) is 46.5 Å². The van der Waals surface area contributed by atoms with E-state index in [9.17, 15) is 4.79 Å². The first-order valence-electron chi connectivity index (χ1n) is 7.70. The number of nitrogens with one attached hydrogen (secondary N) is 1. The van der Waals surface area contributed by atoms with Gasteiger partial charge in [-0.3, -0.25) is 4.79 Å². The van der Waals surface area contributed by atoms with Crippen molar-refractivity contribution in [1.82, 2.24) is 10.2 Å². The summed E-state index contributed by atoms with van der Waals surface area (Å²) in [5, 5.41) is 12.5. The number of benzene rings is 1. The molecule has 0 bridgehead atoms. The summed E-state index contributed by atoms with van der Waals surface area (Å²) < 4.78 is 0. The average Bonchev–Trinajstić information content (AvgIpc) is 2.87. The zero-order valence-electron chi connectivity index (χ0n) is 13.4. The third kappa shape index (κ3) is 5.56. The van der Waals surface area contributed by atoms with Gasteiger partial charge in [-0.05, 0) is 31.2 Å². The zero-order valence-corrected chi connectivity index (χ0v) is 14.2. The molecule has 0 atom stereocenters. The number of hydrogen-bond acceptors (Lipinski definition) is 4. The molecule has 5 heteroatoms. The van der Waals surface area contributed by atoms with Crippen LogP contribution in [0.1, 0.15) is 42.8 Å². The molecule has 118 valence electrons. The second-order valence-electron chi connectivity index (χ2n) is 5.99. The molecule has 22 heavy (non-hydrogen) atoms. The van der Waals surface area contributed by atoms with Gasteiger partial charge in [0.05, 0.1) is 0 Å². The molecular formula is C17H23N3OS. The molecule has 0 aliphatic rings. The predicted octanol–water partition coefficient (Wildman–Crippen LogP) is 4.01. The third-order valence-corrected chi connectivity index (χ3v) is 4.15. The molecular weight excluding hydrogens is 294 g/mol. The first-order valence-corrected chi connectivity index (χ1v) is 8.52. The van der Waals surface area contributed by atoms with Gasteiger partial charge in [-0.1, -0.05) is 55.0 Å². The van der Waals surface area contributed by atoms with Crippen LogP contribution in [-0.4, -0.2) is 16.1 Å². The number of anilines is 1. The van der Waals surface area contributed by atoms with E-state index >= 15 is 0 Å². The van der Waals surface area contributed by atoms with E-state index in [1.54, 1.807) is 0 Å². The molecule has 0 aliphatic carbocycles. The van der Waals surface area contributed by atoms with E-state index in [1.165, 1.54) is 22.5 Å². The number of carbonyl (C=O) groups is 1. The molecule has 2 aromatic rings. The Bertz CT molecular complexity index is 605. The molecule has 1 aromatic carbocycles. The van der Waals surface area contributed by atoms with E-state index < -0.39 is 0 Å². The van der Waals surface area contributed by atoms with Gasteiger partial charge in [0, 0.05) is 12.8 Å². The van der Waals surface area contributed by atoms with Crippen LogP contribution in [0, 0.1) is 12.8 Å². The topological polar surface area (TPSA) is 54.9 Å². The van der Waals surface area contributed by atoms with Gasteiger partial charge in [-0.15, -0.1) is 10.2 Å². The lowest BCUT2D eigenvalue weighted by molar-refractivity contribution is -0.116. The molecule has 1 N–H and O–H groups in total. The lowest BCUT2D eigenvalue weighted by Crippen LogP contribution is -2.11. The van der Waals surface area contributed by atoms with Crippen molar-refractivity contribution < 1.29 is 4.79 Å². The Morgan fingerprint density at radius 2 is 1.95 bits per heavy atom. The molecule has 0 radical (unpaired) electrons. The Morgan fingerprint density at radius 3 is 2.64 bits per heavy atom. The van der Waals surface area contributed by atoms with Gasteiger partial charge < -0.3 is 5.32 Å². The fourth-order valence-corrected chi connectivity index (χ4v) is 3.09. The molecule has 1 amide bonds. The average molecular weight is 317 g/mol. The van der Waals surface area contributed by atoms with Gasteiger partial charge in [0.15, 0.2) is 0 Å². The maximum absolute atomic E-state index is 11.9. The zero-order chi connectivity index (χ0) is 15.9. The standard InChI is InChI=1S/C17H23N3OS/c1-12(2)11-16-19-20-17(22-16)18-15(21)6-4-5-14-9-7-13(3)8-10-14/h7-10,12H,4-6,11H2,1-3H3,(H,18,20,21). The summed E-state index contributed by atoms with van der Waals surface area (Å²) in [6.45, 7) is 6.36. The lowest BCUT2D eigenvalue weighted by atomic mass is 10.1. The van der Waals surface area contributed by atoms with Gasteiger partial charge in [-0.25, -0.2) is 0 Å². The Labute approximate surface area is 136 Å². The van der Waals surface area contributed by atoms with Gasteiger partial charge in [-0.2, -0.15) is 0 Å². The fraction of sp³-hybridized carbons (Fsp3) is 0.471. The van der Waals surface area contributed by atoms with E-state index in [2.05, 4.69) is 60.6 Å². The summed E-state index contributed by atoms with van der Waals surface area (Å²) >= 11 is 1.47. The Hall–Kier alpha value is -1.75. The van der Waals surface area contributed by atoms with Gasteiger partial charge in [0.25, 0.3) is 0 Å². The molecule has 2 rings (SSSR count). The molecule has 1 heterocycles. The SMILES string of the molecule is Cc1ccc(CCCC(=O)Nc2nnc(CC(C)C)s2)cc1. The lowest BCUT2D eigenvalue weighted by Gasteiger charge is -2.03. The van der Waals surface area contributed by atoms with Crippen LogP contribution in [0.15, 0.2) is 24.3 Å². The van der Waals surface area contributed by atoms with E-state index in [0.29, 0.717) is 17.5 Å². The minimum atomic E-state index is 0.0133. The molecule has 0 aliphatic heterocycles. The van der Waals surface area contributed by atoms with E-state index in [1.807, 2.05) is 0 Å². The number of hydrogen-bond donors (Lipinski definition) is 1. The Morgan fingerprint density at radius 1 is 1.23 bits per heavy atom. The number of aryl methyl sites for hydroxylation is 2. The minimum Gasteiger partial charge on any atom is -0.301 e. The van der Waals surface area contributed by atoms with Gasteiger partial charge >= 0.3 is 0 Å². The van der Waals surface area contributed by atoms with E-state index in [4.69, 9.17) is 0 Å². The summed E-state index contributed by atoms with van der Waals surface area (Å²) in [7, 11) is 0. The van der Waals surface area contributed by atoms with E-state index in [-0.39, 0.29) is 5.91 Å².